The molecule has 0 aliphatic carbocycles. The van der Waals surface area contributed by atoms with Crippen molar-refractivity contribution >= 4 is 51.8 Å². The van der Waals surface area contributed by atoms with Crippen LogP contribution in [-0.4, -0.2) is 119 Å². The number of aromatic nitrogens is 2. The number of piperidine rings is 3. The molecule has 4 saturated heterocycles. The highest BCUT2D eigenvalue weighted by Crippen LogP contribution is 2.45. The second-order valence-corrected chi connectivity index (χ2v) is 18.2. The lowest BCUT2D eigenvalue weighted by Crippen LogP contribution is -2.52. The van der Waals surface area contributed by atoms with Crippen molar-refractivity contribution in [3.05, 3.63) is 98.3 Å². The summed E-state index contributed by atoms with van der Waals surface area (Å²) in [6.07, 6.45) is 5.13. The summed E-state index contributed by atoms with van der Waals surface area (Å²) < 4.78 is 17.2. The number of piperazine rings is 1. The summed E-state index contributed by atoms with van der Waals surface area (Å²) in [4.78, 5) is 76.0. The first-order valence-electron chi connectivity index (χ1n) is 21.7. The van der Waals surface area contributed by atoms with Gasteiger partial charge in [-0.1, -0.05) is 29.8 Å². The minimum Gasteiger partial charge on any atom is -0.368 e. The van der Waals surface area contributed by atoms with Gasteiger partial charge in [0.25, 0.3) is 11.5 Å². The Hall–Kier alpha value is -5.18. The van der Waals surface area contributed by atoms with Crippen molar-refractivity contribution in [3.63, 3.8) is 0 Å². The van der Waals surface area contributed by atoms with Crippen molar-refractivity contribution in [3.8, 4) is 5.69 Å². The summed E-state index contributed by atoms with van der Waals surface area (Å²) in [5.74, 6) is -1.04. The van der Waals surface area contributed by atoms with Crippen LogP contribution in [0.15, 0.2) is 59.4 Å². The van der Waals surface area contributed by atoms with Gasteiger partial charge in [0.05, 0.1) is 32.6 Å². The van der Waals surface area contributed by atoms with E-state index in [2.05, 4.69) is 62.0 Å². The van der Waals surface area contributed by atoms with Gasteiger partial charge in [0.2, 0.25) is 17.7 Å². The number of hydrogen-bond donors (Lipinski definition) is 2. The maximum atomic E-state index is 15.1. The molecule has 61 heavy (non-hydrogen) atoms. The molecular formula is C46H52ClFN8O5. The van der Waals surface area contributed by atoms with Crippen molar-refractivity contribution in [2.75, 3.05) is 63.8 Å². The molecule has 1 aromatic heterocycles. The van der Waals surface area contributed by atoms with Crippen molar-refractivity contribution in [1.29, 1.82) is 0 Å². The molecular weight excluding hydrogens is 799 g/mol. The summed E-state index contributed by atoms with van der Waals surface area (Å²) in [5, 5.41) is 5.59. The Labute approximate surface area is 359 Å². The van der Waals surface area contributed by atoms with Crippen molar-refractivity contribution in [2.24, 2.45) is 0 Å². The van der Waals surface area contributed by atoms with Crippen LogP contribution in [0.25, 0.3) is 16.6 Å². The van der Waals surface area contributed by atoms with Gasteiger partial charge in [-0.25, -0.2) is 4.39 Å². The average Bonchev–Trinajstić information content (AvgIpc) is 3.48. The molecule has 0 unspecified atom stereocenters. The molecule has 1 atom stereocenters. The molecule has 13 nitrogen and oxygen atoms in total. The minimum atomic E-state index is -0.883. The Morgan fingerprint density at radius 3 is 2.38 bits per heavy atom. The number of hydrogen-bond acceptors (Lipinski definition) is 9. The molecule has 4 amide bonds. The zero-order valence-electron chi connectivity index (χ0n) is 34.7. The molecule has 15 heteroatoms. The number of anilines is 1. The average molecular weight is 851 g/mol. The van der Waals surface area contributed by atoms with E-state index in [-0.39, 0.29) is 35.8 Å². The van der Waals surface area contributed by atoms with Gasteiger partial charge in [-0.15, -0.1) is 0 Å². The fourth-order valence-electron chi connectivity index (χ4n) is 10.2. The van der Waals surface area contributed by atoms with E-state index in [1.807, 2.05) is 21.9 Å². The molecule has 3 aromatic carbocycles. The molecule has 0 spiro atoms. The highest BCUT2D eigenvalue weighted by atomic mass is 35.5. The predicted octanol–water partition coefficient (Wildman–Crippen LogP) is 4.74. The van der Waals surface area contributed by atoms with Crippen LogP contribution < -0.4 is 21.1 Å². The van der Waals surface area contributed by atoms with E-state index in [1.54, 1.807) is 12.1 Å². The largest absolute Gasteiger partial charge is 0.368 e. The van der Waals surface area contributed by atoms with E-state index in [1.165, 1.54) is 23.3 Å². The van der Waals surface area contributed by atoms with Crippen molar-refractivity contribution in [1.82, 2.24) is 34.9 Å². The minimum absolute atomic E-state index is 0.113. The molecule has 0 radical (unpaired) electrons. The molecule has 4 aromatic rings. The quantitative estimate of drug-likeness (QED) is 0.241. The van der Waals surface area contributed by atoms with Gasteiger partial charge in [-0.3, -0.25) is 33.9 Å². The SMILES string of the molecule is CC1(C)c2ccc(C3CCN(C4CCN(CCC(=O)N5CCN(c6ccc(C(=O)N[C@H]7CCC(=O)NC7=O)c(F)c6)CC5)CC4)CC3)cc2-n2c1nc(=O)c1c(Cl)cccc12. The first kappa shape index (κ1) is 41.2. The molecule has 0 saturated carbocycles. The van der Waals surface area contributed by atoms with Gasteiger partial charge in [0, 0.05) is 57.3 Å². The molecule has 320 valence electrons. The van der Waals surface area contributed by atoms with Crippen LogP contribution in [0.5, 0.6) is 0 Å². The number of fused-ring (bicyclic) bond motifs is 5. The number of carbonyl (C=O) groups excluding carboxylic acids is 4. The number of halogens is 2. The zero-order valence-corrected chi connectivity index (χ0v) is 35.5. The van der Waals surface area contributed by atoms with Crippen LogP contribution in [0.2, 0.25) is 5.02 Å². The van der Waals surface area contributed by atoms with Crippen LogP contribution in [-0.2, 0) is 19.8 Å². The summed E-state index contributed by atoms with van der Waals surface area (Å²) in [6, 6.07) is 16.5. The van der Waals surface area contributed by atoms with E-state index >= 15 is 4.39 Å². The number of amides is 4. The third kappa shape index (κ3) is 7.94. The van der Waals surface area contributed by atoms with Gasteiger partial charge >= 0.3 is 0 Å². The van der Waals surface area contributed by atoms with Gasteiger partial charge in [-0.05, 0) is 126 Å². The third-order valence-electron chi connectivity index (χ3n) is 13.8. The number of carbonyl (C=O) groups is 4. The first-order valence-corrected chi connectivity index (χ1v) is 22.0. The summed E-state index contributed by atoms with van der Waals surface area (Å²) >= 11 is 6.51. The van der Waals surface area contributed by atoms with Crippen LogP contribution >= 0.6 is 11.6 Å². The topological polar surface area (TPSA) is 140 Å². The maximum Gasteiger partial charge on any atom is 0.282 e. The highest BCUT2D eigenvalue weighted by molar-refractivity contribution is 6.35. The second-order valence-electron chi connectivity index (χ2n) is 17.8. The highest BCUT2D eigenvalue weighted by Gasteiger charge is 2.40. The van der Waals surface area contributed by atoms with E-state index in [9.17, 15) is 24.0 Å². The van der Waals surface area contributed by atoms with Crippen LogP contribution in [0.1, 0.15) is 92.0 Å². The molecule has 0 bridgehead atoms. The van der Waals surface area contributed by atoms with Crippen LogP contribution in [0.3, 0.4) is 0 Å². The number of nitrogens with zero attached hydrogens (tertiary/aromatic N) is 6. The Balaban J connectivity index is 0.720. The van der Waals surface area contributed by atoms with Crippen LogP contribution in [0, 0.1) is 5.82 Å². The second kappa shape index (κ2) is 16.6. The fraction of sp³-hybridized carbons (Fsp3) is 0.478. The number of nitrogens with one attached hydrogen (secondary N) is 2. The van der Waals surface area contributed by atoms with Crippen molar-refractivity contribution in [2.45, 2.75) is 82.2 Å². The molecule has 5 aliphatic heterocycles. The number of rotatable bonds is 8. The number of likely N-dealkylation sites (tertiary alicyclic amines) is 2. The standard InChI is InChI=1S/C46H52ClFN8O5/c1-46(2)33-9-6-29(26-38(33)56-37-5-3-4-34(47)41(37)44(61)51-45(46)56)28-12-20-53(21-13-28)30-14-17-52(18-15-30)19-16-40(58)55-24-22-54(23-25-55)31-7-8-32(35(48)27-31)42(59)49-36-10-11-39(57)50-43(36)60/h3-9,26-28,30,36H,10-25H2,1-2H3,(H,49,59)(H,50,57,60)/t36-/m0/s1. The van der Waals surface area contributed by atoms with Gasteiger partial charge in [0.15, 0.2) is 0 Å². The van der Waals surface area contributed by atoms with Gasteiger partial charge in [0.1, 0.15) is 17.7 Å². The van der Waals surface area contributed by atoms with E-state index in [0.717, 1.165) is 75.4 Å². The molecule has 2 N–H and O–H groups in total. The number of benzene rings is 3. The first-order chi connectivity index (χ1) is 29.3. The lowest BCUT2D eigenvalue weighted by Gasteiger charge is -2.42. The summed E-state index contributed by atoms with van der Waals surface area (Å²) in [7, 11) is 0. The Morgan fingerprint density at radius 1 is 0.902 bits per heavy atom. The smallest absolute Gasteiger partial charge is 0.282 e. The summed E-state index contributed by atoms with van der Waals surface area (Å²) in [5.41, 5.74) is 4.16. The summed E-state index contributed by atoms with van der Waals surface area (Å²) in [6.45, 7) is 11.3. The molecule has 9 rings (SSSR count). The lowest BCUT2D eigenvalue weighted by atomic mass is 9.82. The van der Waals surface area contributed by atoms with E-state index < -0.39 is 29.1 Å². The van der Waals surface area contributed by atoms with E-state index in [4.69, 9.17) is 11.6 Å². The Bertz CT molecular complexity index is 2470. The van der Waals surface area contributed by atoms with E-state index in [0.29, 0.717) is 60.7 Å². The number of imide groups is 1. The third-order valence-corrected chi connectivity index (χ3v) is 14.1. The van der Waals surface area contributed by atoms with Gasteiger partial charge in [-0.2, -0.15) is 4.98 Å². The normalized spacial score (nSPS) is 21.3. The van der Waals surface area contributed by atoms with Crippen LogP contribution in [0.4, 0.5) is 10.1 Å². The molecule has 5 aliphatic rings. The Kier molecular flexibility index (Phi) is 11.2. The zero-order chi connectivity index (χ0) is 42.6. The Morgan fingerprint density at radius 2 is 1.66 bits per heavy atom. The lowest BCUT2D eigenvalue weighted by molar-refractivity contribution is -0.135. The van der Waals surface area contributed by atoms with Crippen molar-refractivity contribution < 1.29 is 23.6 Å². The predicted molar refractivity (Wildman–Crippen MR) is 231 cm³/mol. The fourth-order valence-corrected chi connectivity index (χ4v) is 10.5. The maximum absolute atomic E-state index is 15.1. The molecule has 6 heterocycles. The molecule has 4 fully saturated rings. The monoisotopic (exact) mass is 850 g/mol. The van der Waals surface area contributed by atoms with Gasteiger partial charge < -0.3 is 24.9 Å².